The molecule has 40 heavy (non-hydrogen) atoms. The van der Waals surface area contributed by atoms with Gasteiger partial charge >= 0.3 is 0 Å². The zero-order valence-corrected chi connectivity index (χ0v) is 24.1. The normalized spacial score (nSPS) is 25.4. The Hall–Kier alpha value is -3.01. The number of rotatable bonds is 5. The van der Waals surface area contributed by atoms with E-state index in [-0.39, 0.29) is 11.4 Å². The summed E-state index contributed by atoms with van der Waals surface area (Å²) in [6, 6.07) is 7.61. The van der Waals surface area contributed by atoms with Crippen LogP contribution in [0, 0.1) is 22.7 Å². The third kappa shape index (κ3) is 3.96. The average molecular weight is 560 g/mol. The van der Waals surface area contributed by atoms with Crippen LogP contribution in [0.25, 0.3) is 5.82 Å². The highest BCUT2D eigenvalue weighted by Gasteiger charge is 2.85. The van der Waals surface area contributed by atoms with Crippen LogP contribution in [0.15, 0.2) is 41.7 Å². The topological polar surface area (TPSA) is 90.1 Å². The van der Waals surface area contributed by atoms with Gasteiger partial charge in [-0.05, 0) is 106 Å². The number of hydrogen-bond donors (Lipinski definition) is 1. The highest BCUT2D eigenvalue weighted by atomic mass is 32.2. The Balaban J connectivity index is 1.04. The molecular formula is C30H37N7O2S. The molecule has 3 aliphatic carbocycles. The smallest absolute Gasteiger partial charge is 0.265 e. The lowest BCUT2D eigenvalue weighted by Crippen LogP contribution is -2.40. The van der Waals surface area contributed by atoms with Crippen molar-refractivity contribution in [2.24, 2.45) is 22.7 Å². The second kappa shape index (κ2) is 8.74. The van der Waals surface area contributed by atoms with E-state index in [1.165, 1.54) is 37.6 Å². The van der Waals surface area contributed by atoms with Crippen LogP contribution in [0.1, 0.15) is 75.6 Å². The molecule has 1 atom stereocenters. The maximum absolute atomic E-state index is 13.4. The fraction of sp³-hybridized carbons (Fsp3) is 0.600. The number of nitrogens with one attached hydrogen (secondary N) is 1. The predicted molar refractivity (Wildman–Crippen MR) is 153 cm³/mol. The lowest BCUT2D eigenvalue weighted by molar-refractivity contribution is 0.0984. The summed E-state index contributed by atoms with van der Waals surface area (Å²) in [5.74, 6) is 3.26. The third-order valence-electron chi connectivity index (χ3n) is 10.5. The van der Waals surface area contributed by atoms with Crippen molar-refractivity contribution < 1.29 is 9.53 Å². The Kier molecular flexibility index (Phi) is 5.41. The maximum atomic E-state index is 13.4. The highest BCUT2D eigenvalue weighted by Crippen LogP contribution is 2.93. The van der Waals surface area contributed by atoms with Gasteiger partial charge in [0, 0.05) is 49.0 Å². The Morgan fingerprint density at radius 2 is 1.90 bits per heavy atom. The number of pyridine rings is 1. The molecule has 2 spiro atoms. The van der Waals surface area contributed by atoms with Crippen molar-refractivity contribution in [3.8, 4) is 11.7 Å². The van der Waals surface area contributed by atoms with Crippen LogP contribution in [0.4, 0.5) is 5.82 Å². The third-order valence-corrected chi connectivity index (χ3v) is 11.2. The molecule has 1 N–H and O–H groups in total. The number of ether oxygens (including phenoxy) is 1. The van der Waals surface area contributed by atoms with Gasteiger partial charge in [0.05, 0.1) is 12.2 Å². The maximum Gasteiger partial charge on any atom is 0.265 e. The van der Waals surface area contributed by atoms with Gasteiger partial charge < -0.3 is 9.64 Å². The van der Waals surface area contributed by atoms with Crippen molar-refractivity contribution >= 4 is 23.7 Å². The van der Waals surface area contributed by atoms with Crippen LogP contribution in [0.5, 0.6) is 5.88 Å². The molecule has 2 aliphatic heterocycles. The molecule has 0 unspecified atom stereocenters. The molecule has 3 aromatic rings. The van der Waals surface area contributed by atoms with Gasteiger partial charge in [-0.15, -0.1) is 5.10 Å². The first-order chi connectivity index (χ1) is 19.4. The number of nitrogens with zero attached hydrogens (tertiary/aromatic N) is 6. The number of carbonyl (C=O) groups is 1. The van der Waals surface area contributed by atoms with Crippen molar-refractivity contribution in [3.05, 3.63) is 42.2 Å². The minimum absolute atomic E-state index is 0.115. The number of aryl methyl sites for hydroxylation is 1. The summed E-state index contributed by atoms with van der Waals surface area (Å²) in [6.45, 7) is 7.00. The van der Waals surface area contributed by atoms with Gasteiger partial charge in [0.25, 0.3) is 5.91 Å². The molecule has 5 aliphatic rings. The van der Waals surface area contributed by atoms with Crippen molar-refractivity contribution in [2.45, 2.75) is 82.3 Å². The fourth-order valence-electron chi connectivity index (χ4n) is 8.27. The van der Waals surface area contributed by atoms with Crippen LogP contribution >= 0.6 is 11.9 Å². The fourth-order valence-corrected chi connectivity index (χ4v) is 8.85. The first kappa shape index (κ1) is 24.8. The monoisotopic (exact) mass is 559 g/mol. The molecule has 0 radical (unpaired) electrons. The van der Waals surface area contributed by atoms with E-state index in [1.54, 1.807) is 4.68 Å². The molecule has 1 saturated heterocycles. The van der Waals surface area contributed by atoms with Crippen LogP contribution in [-0.4, -0.2) is 49.1 Å². The van der Waals surface area contributed by atoms with E-state index in [0.717, 1.165) is 56.3 Å². The number of aromatic nitrogens is 5. The Morgan fingerprint density at radius 3 is 2.70 bits per heavy atom. The molecule has 0 aromatic carbocycles. The summed E-state index contributed by atoms with van der Waals surface area (Å²) < 4.78 is 12.8. The molecule has 4 fully saturated rings. The number of hydrogen-bond acceptors (Lipinski definition) is 7. The average Bonchev–Trinajstić information content (AvgIpc) is 3.85. The lowest BCUT2D eigenvalue weighted by atomic mass is 9.93. The minimum Gasteiger partial charge on any atom is -0.477 e. The molecule has 5 heterocycles. The van der Waals surface area contributed by atoms with E-state index in [4.69, 9.17) is 14.8 Å². The van der Waals surface area contributed by atoms with E-state index in [2.05, 4.69) is 28.6 Å². The number of anilines is 1. The van der Waals surface area contributed by atoms with Gasteiger partial charge in [0.2, 0.25) is 5.88 Å². The Morgan fingerprint density at radius 1 is 1.07 bits per heavy atom. The minimum atomic E-state index is -0.170. The second-order valence-electron chi connectivity index (χ2n) is 13.2. The summed E-state index contributed by atoms with van der Waals surface area (Å²) in [4.78, 5) is 20.8. The number of fused-ring (bicyclic) bond motifs is 7. The summed E-state index contributed by atoms with van der Waals surface area (Å²) in [7, 11) is 0. The molecule has 3 aromatic heterocycles. The first-order valence-corrected chi connectivity index (χ1v) is 15.7. The summed E-state index contributed by atoms with van der Waals surface area (Å²) >= 11 is 1.25. The molecule has 3 saturated carbocycles. The van der Waals surface area contributed by atoms with Crippen LogP contribution < -0.4 is 14.4 Å². The number of amides is 1. The zero-order chi connectivity index (χ0) is 27.1. The highest BCUT2D eigenvalue weighted by molar-refractivity contribution is 7.97. The van der Waals surface area contributed by atoms with Gasteiger partial charge in [-0.2, -0.15) is 5.10 Å². The molecule has 210 valence electrons. The Bertz CT molecular complexity index is 1450. The molecule has 1 amide bonds. The predicted octanol–water partition coefficient (Wildman–Crippen LogP) is 5.26. The first-order valence-electron chi connectivity index (χ1n) is 14.9. The van der Waals surface area contributed by atoms with E-state index in [1.807, 2.05) is 41.3 Å². The molecule has 8 rings (SSSR count). The van der Waals surface area contributed by atoms with Crippen molar-refractivity contribution in [2.75, 3.05) is 18.1 Å². The quantitative estimate of drug-likeness (QED) is 0.427. The molecule has 9 nitrogen and oxygen atoms in total. The Labute approximate surface area is 239 Å². The summed E-state index contributed by atoms with van der Waals surface area (Å²) in [5, 5.41) is 10.1. The molecular weight excluding hydrogens is 522 g/mol. The zero-order valence-electron chi connectivity index (χ0n) is 23.3. The van der Waals surface area contributed by atoms with E-state index < -0.39 is 0 Å². The lowest BCUT2D eigenvalue weighted by Gasteiger charge is -2.34. The molecule has 10 heteroatoms. The van der Waals surface area contributed by atoms with E-state index in [9.17, 15) is 4.79 Å². The van der Waals surface area contributed by atoms with Gasteiger partial charge in [-0.25, -0.2) is 9.67 Å². The van der Waals surface area contributed by atoms with Crippen LogP contribution in [-0.2, 0) is 6.54 Å². The van der Waals surface area contributed by atoms with Crippen molar-refractivity contribution in [1.29, 1.82) is 0 Å². The van der Waals surface area contributed by atoms with E-state index >= 15 is 0 Å². The number of carbonyl (C=O) groups excluding carboxylic acids is 1. The largest absolute Gasteiger partial charge is 0.477 e. The SMILES string of the molecule is CC1(C)C[C@H]2CCCn3ccc(n3)SNC(=O)c3ccc(-n4ccc(OCCC5C6(CC6)C56CC6)n4)nc3N1C2. The van der Waals surface area contributed by atoms with Gasteiger partial charge in [-0.3, -0.25) is 14.2 Å². The van der Waals surface area contributed by atoms with E-state index in [0.29, 0.717) is 39.8 Å². The van der Waals surface area contributed by atoms with Crippen molar-refractivity contribution in [1.82, 2.24) is 29.3 Å². The van der Waals surface area contributed by atoms with Gasteiger partial charge in [0.15, 0.2) is 5.82 Å². The van der Waals surface area contributed by atoms with Crippen molar-refractivity contribution in [3.63, 3.8) is 0 Å². The molecule has 4 bridgehead atoms. The summed E-state index contributed by atoms with van der Waals surface area (Å²) in [5.41, 5.74) is 1.88. The van der Waals surface area contributed by atoms with Crippen LogP contribution in [0.2, 0.25) is 0 Å². The van der Waals surface area contributed by atoms with Gasteiger partial charge in [0.1, 0.15) is 10.8 Å². The summed E-state index contributed by atoms with van der Waals surface area (Å²) in [6.07, 6.45) is 14.0. The second-order valence-corrected chi connectivity index (χ2v) is 14.1. The van der Waals surface area contributed by atoms with Crippen LogP contribution in [0.3, 0.4) is 0 Å². The van der Waals surface area contributed by atoms with Gasteiger partial charge in [-0.1, -0.05) is 0 Å². The standard InChI is InChI=1S/C30H37N7O2S/c1-28(2)18-20-4-3-14-35-15-8-25(33-35)40-34-27(38)21-5-6-23(31-26(21)36(28)19-20)37-16-7-24(32-37)39-17-9-22-29(10-11-29)30(22)12-13-30/h5-8,15-16,20,22H,3-4,9-14,17-19H2,1-2H3,(H,34,38)/t20-/m1/s1.